The van der Waals surface area contributed by atoms with Crippen LogP contribution in [0.15, 0.2) is 84.9 Å². The standard InChI is InChI=1S/C39H50N6O3/c1-4-44-22-19-32(20-23-44)40-38(46)31-17-15-30(16-18-31)36-27(2)37(45(43-36)33-13-9-6-10-14-33)42-39(47)41-35-26-28(21-24-48-3)25-34(35)29-11-7-5-8-12-29/h5-18,28,32,34-35,38,40,46H,4,19-26H2,1-3H3,(H2,41,42,47)/t28-,34-,35+,38?/m0/s1. The predicted molar refractivity (Wildman–Crippen MR) is 191 cm³/mol. The molecule has 0 bridgehead atoms. The first-order chi connectivity index (χ1) is 23.4. The molecule has 9 heteroatoms. The summed E-state index contributed by atoms with van der Waals surface area (Å²) in [5.74, 6) is 1.35. The maximum atomic E-state index is 13.7. The van der Waals surface area contributed by atoms with Gasteiger partial charge < -0.3 is 20.1 Å². The lowest BCUT2D eigenvalue weighted by Gasteiger charge is -2.32. The highest BCUT2D eigenvalue weighted by atomic mass is 16.5. The van der Waals surface area contributed by atoms with Crippen molar-refractivity contribution in [1.29, 1.82) is 0 Å². The van der Waals surface area contributed by atoms with Crippen LogP contribution in [0, 0.1) is 12.8 Å². The van der Waals surface area contributed by atoms with Crippen LogP contribution in [0.1, 0.15) is 67.9 Å². The van der Waals surface area contributed by atoms with E-state index in [1.54, 1.807) is 7.11 Å². The summed E-state index contributed by atoms with van der Waals surface area (Å²) >= 11 is 0. The van der Waals surface area contributed by atoms with Gasteiger partial charge in [0.1, 0.15) is 12.0 Å². The molecular weight excluding hydrogens is 600 g/mol. The lowest BCUT2D eigenvalue weighted by Crippen LogP contribution is -2.43. The molecule has 254 valence electrons. The highest BCUT2D eigenvalue weighted by Crippen LogP contribution is 2.40. The molecule has 6 rings (SSSR count). The van der Waals surface area contributed by atoms with Gasteiger partial charge in [0.25, 0.3) is 0 Å². The summed E-state index contributed by atoms with van der Waals surface area (Å²) in [6.45, 7) is 8.09. The number of aliphatic hydroxyl groups is 1. The monoisotopic (exact) mass is 650 g/mol. The number of carbonyl (C=O) groups is 1. The molecule has 1 unspecified atom stereocenters. The Bertz CT molecular complexity index is 1600. The maximum Gasteiger partial charge on any atom is 0.320 e. The number of methoxy groups -OCH3 is 1. The summed E-state index contributed by atoms with van der Waals surface area (Å²) < 4.78 is 7.18. The van der Waals surface area contributed by atoms with E-state index in [9.17, 15) is 9.90 Å². The van der Waals surface area contributed by atoms with Crippen molar-refractivity contribution in [2.75, 3.05) is 38.7 Å². The Morgan fingerprint density at radius 1 is 0.979 bits per heavy atom. The number of hydrogen-bond donors (Lipinski definition) is 4. The van der Waals surface area contributed by atoms with Crippen LogP contribution in [0.25, 0.3) is 16.9 Å². The lowest BCUT2D eigenvalue weighted by molar-refractivity contribution is 0.100. The van der Waals surface area contributed by atoms with Crippen LogP contribution in [-0.4, -0.2) is 71.3 Å². The Labute approximate surface area is 284 Å². The normalized spacial score (nSPS) is 20.9. The molecule has 2 aliphatic rings. The van der Waals surface area contributed by atoms with Crippen LogP contribution in [0.2, 0.25) is 0 Å². The van der Waals surface area contributed by atoms with Crippen LogP contribution in [-0.2, 0) is 4.74 Å². The second-order valence-electron chi connectivity index (χ2n) is 13.3. The third-order valence-electron chi connectivity index (χ3n) is 10.2. The highest BCUT2D eigenvalue weighted by molar-refractivity contribution is 5.91. The molecule has 3 aromatic carbocycles. The van der Waals surface area contributed by atoms with Crippen molar-refractivity contribution >= 4 is 11.8 Å². The van der Waals surface area contributed by atoms with Gasteiger partial charge in [0.2, 0.25) is 0 Å². The fraction of sp³-hybridized carbons (Fsp3) is 0.436. The van der Waals surface area contributed by atoms with Gasteiger partial charge in [0.05, 0.1) is 11.4 Å². The van der Waals surface area contributed by atoms with Crippen LogP contribution in [0.3, 0.4) is 0 Å². The number of nitrogens with one attached hydrogen (secondary N) is 3. The molecule has 1 saturated carbocycles. The van der Waals surface area contributed by atoms with Crippen molar-refractivity contribution in [3.05, 3.63) is 102 Å². The summed E-state index contributed by atoms with van der Waals surface area (Å²) in [5.41, 5.74) is 5.49. The first kappa shape index (κ1) is 33.9. The maximum absolute atomic E-state index is 13.7. The molecule has 2 amide bonds. The molecule has 4 N–H and O–H groups in total. The number of carbonyl (C=O) groups excluding carboxylic acids is 1. The van der Waals surface area contributed by atoms with E-state index in [-0.39, 0.29) is 18.0 Å². The molecule has 4 atom stereocenters. The number of ether oxygens (including phenoxy) is 1. The summed E-state index contributed by atoms with van der Waals surface area (Å²) in [7, 11) is 1.74. The van der Waals surface area contributed by atoms with E-state index >= 15 is 0 Å². The van der Waals surface area contributed by atoms with Gasteiger partial charge in [-0.3, -0.25) is 10.6 Å². The molecular formula is C39H50N6O3. The van der Waals surface area contributed by atoms with Gasteiger partial charge in [-0.2, -0.15) is 5.10 Å². The molecule has 1 aliphatic heterocycles. The van der Waals surface area contributed by atoms with E-state index in [1.165, 1.54) is 5.56 Å². The van der Waals surface area contributed by atoms with Crippen molar-refractivity contribution in [1.82, 2.24) is 25.3 Å². The summed E-state index contributed by atoms with van der Waals surface area (Å²) in [4.78, 5) is 16.2. The van der Waals surface area contributed by atoms with Crippen molar-refractivity contribution in [2.24, 2.45) is 5.92 Å². The minimum absolute atomic E-state index is 0.00824. The van der Waals surface area contributed by atoms with Gasteiger partial charge in [0.15, 0.2) is 0 Å². The van der Waals surface area contributed by atoms with Crippen molar-refractivity contribution < 1.29 is 14.6 Å². The van der Waals surface area contributed by atoms with Gasteiger partial charge in [-0.05, 0) is 87.8 Å². The van der Waals surface area contributed by atoms with E-state index in [0.29, 0.717) is 17.8 Å². The number of urea groups is 1. The second-order valence-corrected chi connectivity index (χ2v) is 13.3. The number of piperidine rings is 1. The summed E-state index contributed by atoms with van der Waals surface area (Å²) in [5, 5.41) is 25.9. The van der Waals surface area contributed by atoms with Gasteiger partial charge >= 0.3 is 6.03 Å². The molecule has 0 radical (unpaired) electrons. The zero-order chi connectivity index (χ0) is 33.5. The third-order valence-corrected chi connectivity index (χ3v) is 10.2. The van der Waals surface area contributed by atoms with Crippen LogP contribution < -0.4 is 16.0 Å². The largest absolute Gasteiger partial charge is 0.385 e. The van der Waals surface area contributed by atoms with Crippen LogP contribution >= 0.6 is 0 Å². The highest BCUT2D eigenvalue weighted by Gasteiger charge is 2.36. The number of amides is 2. The van der Waals surface area contributed by atoms with E-state index in [0.717, 1.165) is 86.4 Å². The number of rotatable bonds is 12. The zero-order valence-corrected chi connectivity index (χ0v) is 28.4. The van der Waals surface area contributed by atoms with Crippen molar-refractivity contribution in [3.8, 4) is 16.9 Å². The molecule has 1 saturated heterocycles. The molecule has 1 aromatic heterocycles. The Morgan fingerprint density at radius 2 is 1.67 bits per heavy atom. The number of hydrogen-bond acceptors (Lipinski definition) is 6. The average molecular weight is 651 g/mol. The minimum atomic E-state index is -0.731. The molecule has 1 aliphatic carbocycles. The van der Waals surface area contributed by atoms with E-state index in [4.69, 9.17) is 9.84 Å². The number of anilines is 1. The molecule has 4 aromatic rings. The minimum Gasteiger partial charge on any atom is -0.385 e. The van der Waals surface area contributed by atoms with E-state index in [2.05, 4.69) is 52.0 Å². The number of benzene rings is 3. The fourth-order valence-electron chi connectivity index (χ4n) is 7.43. The Balaban J connectivity index is 1.20. The first-order valence-corrected chi connectivity index (χ1v) is 17.5. The third kappa shape index (κ3) is 7.98. The molecule has 9 nitrogen and oxygen atoms in total. The smallest absolute Gasteiger partial charge is 0.320 e. The lowest BCUT2D eigenvalue weighted by atomic mass is 9.93. The SMILES string of the molecule is CCN1CCC(NC(O)c2ccc(-c3nn(-c4ccccc4)c(NC(=O)N[C@@H]4C[C@@H](CCOC)C[C@H]4c4ccccc4)c3C)cc2)CC1. The number of aromatic nitrogens is 2. The Morgan fingerprint density at radius 3 is 2.33 bits per heavy atom. The quantitative estimate of drug-likeness (QED) is 0.128. The van der Waals surface area contributed by atoms with Crippen molar-refractivity contribution in [2.45, 2.75) is 70.2 Å². The van der Waals surface area contributed by atoms with E-state index < -0.39 is 6.23 Å². The van der Waals surface area contributed by atoms with Crippen LogP contribution in [0.5, 0.6) is 0 Å². The van der Waals surface area contributed by atoms with Gasteiger partial charge in [0, 0.05) is 42.8 Å². The van der Waals surface area contributed by atoms with Gasteiger partial charge in [-0.25, -0.2) is 9.48 Å². The number of nitrogens with zero attached hydrogens (tertiary/aromatic N) is 3. The summed E-state index contributed by atoms with van der Waals surface area (Å²) in [6, 6.07) is 28.3. The van der Waals surface area contributed by atoms with Gasteiger partial charge in [-0.15, -0.1) is 0 Å². The Hall–Kier alpha value is -4.02. The second kappa shape index (κ2) is 15.9. The van der Waals surface area contributed by atoms with Crippen LogP contribution in [0.4, 0.5) is 10.6 Å². The number of likely N-dealkylation sites (tertiary alicyclic amines) is 1. The molecule has 48 heavy (non-hydrogen) atoms. The van der Waals surface area contributed by atoms with Gasteiger partial charge in [-0.1, -0.05) is 79.7 Å². The zero-order valence-electron chi connectivity index (χ0n) is 28.4. The molecule has 0 spiro atoms. The topological polar surface area (TPSA) is 104 Å². The fourth-order valence-corrected chi connectivity index (χ4v) is 7.43. The van der Waals surface area contributed by atoms with E-state index in [1.807, 2.05) is 72.3 Å². The van der Waals surface area contributed by atoms with Crippen molar-refractivity contribution in [3.63, 3.8) is 0 Å². The summed E-state index contributed by atoms with van der Waals surface area (Å²) in [6.07, 6.45) is 4.23. The number of aliphatic hydroxyl groups excluding tert-OH is 1. The Kier molecular flexibility index (Phi) is 11.2. The molecule has 2 heterocycles. The molecule has 2 fully saturated rings. The first-order valence-electron chi connectivity index (χ1n) is 17.5. The number of para-hydroxylation sites is 1. The predicted octanol–water partition coefficient (Wildman–Crippen LogP) is 6.63. The average Bonchev–Trinajstić information content (AvgIpc) is 3.68.